The smallest absolute Gasteiger partial charge is 0.226 e. The molecule has 0 radical (unpaired) electrons. The van der Waals surface area contributed by atoms with Gasteiger partial charge in [0.1, 0.15) is 0 Å². The number of halogens is 1. The van der Waals surface area contributed by atoms with Gasteiger partial charge in [0.25, 0.3) is 0 Å². The van der Waals surface area contributed by atoms with Gasteiger partial charge < -0.3 is 9.42 Å². The Morgan fingerprint density at radius 1 is 1.04 bits per heavy atom. The average Bonchev–Trinajstić information content (AvgIpc) is 3.46. The average molecular weight is 402 g/mol. The summed E-state index contributed by atoms with van der Waals surface area (Å²) in [7, 11) is 0. The largest absolute Gasteiger partial charge is 0.339 e. The Kier molecular flexibility index (Phi) is 6.30. The van der Waals surface area contributed by atoms with Gasteiger partial charge in [-0.2, -0.15) is 4.98 Å². The molecule has 28 heavy (non-hydrogen) atoms. The first-order chi connectivity index (χ1) is 13.7. The molecule has 0 unspecified atom stereocenters. The maximum absolute atomic E-state index is 13.0. The maximum Gasteiger partial charge on any atom is 0.226 e. The van der Waals surface area contributed by atoms with Gasteiger partial charge in [-0.3, -0.25) is 4.79 Å². The van der Waals surface area contributed by atoms with Crippen LogP contribution in [0.1, 0.15) is 70.1 Å². The lowest BCUT2D eigenvalue weighted by molar-refractivity contribution is -0.136. The van der Waals surface area contributed by atoms with Crippen molar-refractivity contribution in [2.75, 3.05) is 0 Å². The van der Waals surface area contributed by atoms with Crippen LogP contribution in [0.25, 0.3) is 11.4 Å². The monoisotopic (exact) mass is 401 g/mol. The second-order valence-electron chi connectivity index (χ2n) is 8.05. The number of rotatable bonds is 7. The van der Waals surface area contributed by atoms with E-state index in [0.29, 0.717) is 47.6 Å². The molecule has 1 aromatic carbocycles. The summed E-state index contributed by atoms with van der Waals surface area (Å²) >= 11 is 5.92. The molecule has 2 saturated carbocycles. The zero-order valence-corrected chi connectivity index (χ0v) is 17.0. The van der Waals surface area contributed by atoms with Gasteiger partial charge in [0.2, 0.25) is 17.6 Å². The van der Waals surface area contributed by atoms with Crippen LogP contribution in [0.4, 0.5) is 0 Å². The predicted molar refractivity (Wildman–Crippen MR) is 109 cm³/mol. The van der Waals surface area contributed by atoms with Gasteiger partial charge in [-0.05, 0) is 56.4 Å². The van der Waals surface area contributed by atoms with Crippen LogP contribution >= 0.6 is 11.6 Å². The lowest BCUT2D eigenvalue weighted by Crippen LogP contribution is -2.45. The first-order valence-corrected chi connectivity index (χ1v) is 11.0. The highest BCUT2D eigenvalue weighted by Gasteiger charge is 2.33. The van der Waals surface area contributed by atoms with E-state index in [9.17, 15) is 4.79 Å². The third-order valence-electron chi connectivity index (χ3n) is 6.08. The second-order valence-corrected chi connectivity index (χ2v) is 8.49. The van der Waals surface area contributed by atoms with Crippen LogP contribution < -0.4 is 0 Å². The van der Waals surface area contributed by atoms with Crippen LogP contribution in [0, 0.1) is 0 Å². The Balaban J connectivity index is 1.32. The van der Waals surface area contributed by atoms with Crippen molar-refractivity contribution in [2.24, 2.45) is 0 Å². The molecule has 1 heterocycles. The summed E-state index contributed by atoms with van der Waals surface area (Å²) in [5, 5.41) is 4.73. The van der Waals surface area contributed by atoms with Gasteiger partial charge in [-0.15, -0.1) is 0 Å². The zero-order valence-electron chi connectivity index (χ0n) is 16.3. The van der Waals surface area contributed by atoms with Gasteiger partial charge in [-0.1, -0.05) is 42.4 Å². The van der Waals surface area contributed by atoms with Crippen LogP contribution in [0.2, 0.25) is 5.02 Å². The van der Waals surface area contributed by atoms with Crippen molar-refractivity contribution in [3.05, 3.63) is 35.2 Å². The van der Waals surface area contributed by atoms with Crippen molar-refractivity contribution in [3.63, 3.8) is 0 Å². The van der Waals surface area contributed by atoms with E-state index in [2.05, 4.69) is 15.0 Å². The van der Waals surface area contributed by atoms with Gasteiger partial charge in [0, 0.05) is 35.5 Å². The Bertz CT molecular complexity index is 761. The molecule has 2 aliphatic rings. The van der Waals surface area contributed by atoms with Gasteiger partial charge >= 0.3 is 0 Å². The molecule has 4 rings (SSSR count). The molecule has 0 atom stereocenters. The summed E-state index contributed by atoms with van der Waals surface area (Å²) in [6.45, 7) is 0. The number of hydrogen-bond acceptors (Lipinski definition) is 4. The number of hydrogen-bond donors (Lipinski definition) is 0. The third-order valence-corrected chi connectivity index (χ3v) is 6.33. The predicted octanol–water partition coefficient (Wildman–Crippen LogP) is 5.43. The Labute approximate surface area is 171 Å². The molecule has 0 N–H and O–H groups in total. The minimum absolute atomic E-state index is 0.316. The lowest BCUT2D eigenvalue weighted by Gasteiger charge is -2.34. The molecule has 6 heteroatoms. The molecular formula is C22H28ClN3O2. The molecule has 0 bridgehead atoms. The Hall–Kier alpha value is -1.88. The molecule has 1 aromatic heterocycles. The highest BCUT2D eigenvalue weighted by Crippen LogP contribution is 2.32. The number of carbonyl (C=O) groups excluding carboxylic acids is 1. The van der Waals surface area contributed by atoms with Crippen molar-refractivity contribution < 1.29 is 9.32 Å². The zero-order chi connectivity index (χ0) is 19.3. The minimum Gasteiger partial charge on any atom is -0.339 e. The van der Waals surface area contributed by atoms with Crippen LogP contribution in [-0.4, -0.2) is 33.0 Å². The summed E-state index contributed by atoms with van der Waals surface area (Å²) in [6, 6.07) is 8.31. The van der Waals surface area contributed by atoms with Crippen LogP contribution in [0.3, 0.4) is 0 Å². The summed E-state index contributed by atoms with van der Waals surface area (Å²) in [6.07, 6.45) is 11.7. The van der Waals surface area contributed by atoms with Gasteiger partial charge in [-0.25, -0.2) is 0 Å². The summed E-state index contributed by atoms with van der Waals surface area (Å²) in [5.74, 6) is 1.47. The summed E-state index contributed by atoms with van der Waals surface area (Å²) in [5.41, 5.74) is 0.879. The van der Waals surface area contributed by atoms with Crippen LogP contribution in [-0.2, 0) is 11.2 Å². The van der Waals surface area contributed by atoms with Gasteiger partial charge in [0.15, 0.2) is 0 Å². The molecule has 5 nitrogen and oxygen atoms in total. The topological polar surface area (TPSA) is 59.2 Å². The van der Waals surface area contributed by atoms with Crippen molar-refractivity contribution >= 4 is 17.5 Å². The highest BCUT2D eigenvalue weighted by molar-refractivity contribution is 6.30. The first kappa shape index (κ1) is 19.4. The Morgan fingerprint density at radius 3 is 2.25 bits per heavy atom. The van der Waals surface area contributed by atoms with E-state index in [4.69, 9.17) is 16.1 Å². The van der Waals surface area contributed by atoms with E-state index in [1.165, 1.54) is 51.4 Å². The molecule has 1 amide bonds. The fraction of sp³-hybridized carbons (Fsp3) is 0.591. The minimum atomic E-state index is 0.316. The molecule has 2 aliphatic carbocycles. The third kappa shape index (κ3) is 4.57. The summed E-state index contributed by atoms with van der Waals surface area (Å²) < 4.78 is 5.37. The second kappa shape index (κ2) is 9.08. The number of aryl methyl sites for hydroxylation is 1. The number of aromatic nitrogens is 2. The summed E-state index contributed by atoms with van der Waals surface area (Å²) in [4.78, 5) is 19.7. The van der Waals surface area contributed by atoms with E-state index in [-0.39, 0.29) is 0 Å². The quantitative estimate of drug-likeness (QED) is 0.620. The van der Waals surface area contributed by atoms with Crippen molar-refractivity contribution in [1.29, 1.82) is 0 Å². The molecule has 150 valence electrons. The van der Waals surface area contributed by atoms with E-state index in [1.54, 1.807) is 0 Å². The van der Waals surface area contributed by atoms with E-state index in [0.717, 1.165) is 12.0 Å². The number of nitrogens with zero attached hydrogens (tertiary/aromatic N) is 3. The van der Waals surface area contributed by atoms with E-state index >= 15 is 0 Å². The van der Waals surface area contributed by atoms with Crippen molar-refractivity contribution in [2.45, 2.75) is 82.7 Å². The van der Waals surface area contributed by atoms with Crippen molar-refractivity contribution in [3.8, 4) is 11.4 Å². The van der Waals surface area contributed by atoms with E-state index < -0.39 is 0 Å². The van der Waals surface area contributed by atoms with Crippen LogP contribution in [0.5, 0.6) is 0 Å². The number of benzene rings is 1. The van der Waals surface area contributed by atoms with Crippen molar-refractivity contribution in [1.82, 2.24) is 15.0 Å². The molecule has 2 aromatic rings. The molecule has 0 spiro atoms. The maximum atomic E-state index is 13.0. The SMILES string of the molecule is O=C(CCCc1nc(-c2ccc(Cl)cc2)no1)N(C1CCCC1)C1CCCC1. The Morgan fingerprint density at radius 2 is 1.64 bits per heavy atom. The first-order valence-electron chi connectivity index (χ1n) is 10.6. The standard InChI is InChI=1S/C22H28ClN3O2/c23-17-14-12-16(13-15-17)22-24-20(28-25-22)10-5-11-21(27)26(18-6-1-2-7-18)19-8-3-4-9-19/h12-15,18-19H,1-11H2. The molecule has 2 fully saturated rings. The van der Waals surface area contributed by atoms with E-state index in [1.807, 2.05) is 24.3 Å². The highest BCUT2D eigenvalue weighted by atomic mass is 35.5. The number of carbonyl (C=O) groups is 1. The molecule has 0 saturated heterocycles. The van der Waals surface area contributed by atoms with Crippen LogP contribution in [0.15, 0.2) is 28.8 Å². The normalized spacial score (nSPS) is 18.0. The lowest BCUT2D eigenvalue weighted by atomic mass is 10.1. The molecular weight excluding hydrogens is 374 g/mol. The molecule has 0 aliphatic heterocycles. The number of amides is 1. The fourth-order valence-electron chi connectivity index (χ4n) is 4.66. The van der Waals surface area contributed by atoms with Gasteiger partial charge in [0.05, 0.1) is 0 Å². The fourth-order valence-corrected chi connectivity index (χ4v) is 4.79.